The Morgan fingerprint density at radius 2 is 2.04 bits per heavy atom. The van der Waals surface area contributed by atoms with Crippen LogP contribution >= 0.6 is 11.6 Å². The van der Waals surface area contributed by atoms with Gasteiger partial charge in [-0.25, -0.2) is 4.98 Å². The summed E-state index contributed by atoms with van der Waals surface area (Å²) in [4.78, 5) is 4.42. The van der Waals surface area contributed by atoms with Crippen LogP contribution in [-0.4, -0.2) is 21.5 Å². The predicted octanol–water partition coefficient (Wildman–Crippen LogP) is 3.79. The van der Waals surface area contributed by atoms with Crippen LogP contribution in [0.3, 0.4) is 0 Å². The van der Waals surface area contributed by atoms with E-state index in [1.165, 1.54) is 0 Å². The van der Waals surface area contributed by atoms with Gasteiger partial charge >= 0.3 is 0 Å². The molecule has 2 N–H and O–H groups in total. The Bertz CT molecular complexity index is 939. The van der Waals surface area contributed by atoms with Crippen molar-refractivity contribution in [2.45, 2.75) is 6.54 Å². The van der Waals surface area contributed by atoms with E-state index in [-0.39, 0.29) is 12.5 Å². The quantitative estimate of drug-likeness (QED) is 0.743. The number of halogens is 1. The van der Waals surface area contributed by atoms with Crippen LogP contribution in [0.2, 0.25) is 5.02 Å². The minimum absolute atomic E-state index is 0.196. The lowest BCUT2D eigenvalue weighted by molar-refractivity contribution is 0.174. The highest BCUT2D eigenvalue weighted by molar-refractivity contribution is 6.30. The average molecular weight is 358 g/mol. The molecule has 0 unspecified atom stereocenters. The Balaban J connectivity index is 1.56. The van der Waals surface area contributed by atoms with Crippen molar-refractivity contribution in [3.63, 3.8) is 0 Å². The minimum Gasteiger partial charge on any atom is -0.508 e. The van der Waals surface area contributed by atoms with Crippen molar-refractivity contribution >= 4 is 17.5 Å². The third kappa shape index (κ3) is 2.96. The Morgan fingerprint density at radius 1 is 1.20 bits per heavy atom. The first kappa shape index (κ1) is 15.7. The minimum atomic E-state index is 0.196. The first-order chi connectivity index (χ1) is 12.1. The maximum atomic E-state index is 9.90. The van der Waals surface area contributed by atoms with E-state index in [4.69, 9.17) is 21.1 Å². The molecule has 25 heavy (non-hydrogen) atoms. The molecule has 1 aliphatic heterocycles. The maximum Gasteiger partial charge on any atom is 0.231 e. The third-order valence-electron chi connectivity index (χ3n) is 4.14. The summed E-state index contributed by atoms with van der Waals surface area (Å²) in [6.07, 6.45) is 1.79. The summed E-state index contributed by atoms with van der Waals surface area (Å²) >= 11 is 5.98. The maximum absolute atomic E-state index is 9.90. The predicted molar refractivity (Wildman–Crippen MR) is 95.2 cm³/mol. The van der Waals surface area contributed by atoms with Crippen molar-refractivity contribution in [1.82, 2.24) is 9.55 Å². The van der Waals surface area contributed by atoms with Gasteiger partial charge in [0, 0.05) is 29.7 Å². The van der Waals surface area contributed by atoms with Crippen LogP contribution in [0.5, 0.6) is 17.2 Å². The van der Waals surface area contributed by atoms with E-state index in [1.54, 1.807) is 24.4 Å². The molecule has 0 spiro atoms. The molecule has 0 radical (unpaired) electrons. The van der Waals surface area contributed by atoms with E-state index in [1.807, 2.05) is 29.8 Å². The lowest BCUT2D eigenvalue weighted by atomic mass is 10.1. The number of hydrogen-bond acceptors (Lipinski definition) is 5. The standard InChI is InChI=1S/C18H16ClN3O3/c1-22-14(11-2-5-16-17(7-11)25-10-24-16)9-21-18(22)20-8-12-6-13(19)3-4-15(12)23/h2-7,9,23H,8,10H2,1H3,(H,20,21). The van der Waals surface area contributed by atoms with Gasteiger partial charge in [0.15, 0.2) is 11.5 Å². The summed E-state index contributed by atoms with van der Waals surface area (Å²) in [7, 11) is 1.92. The van der Waals surface area contributed by atoms with E-state index in [9.17, 15) is 5.11 Å². The second-order valence-corrected chi connectivity index (χ2v) is 6.16. The fraction of sp³-hybridized carbons (Fsp3) is 0.167. The van der Waals surface area contributed by atoms with Crippen LogP contribution in [0.4, 0.5) is 5.95 Å². The molecular formula is C18H16ClN3O3. The summed E-state index contributed by atoms with van der Waals surface area (Å²) in [5.74, 6) is 2.37. The van der Waals surface area contributed by atoms with Crippen molar-refractivity contribution in [3.8, 4) is 28.5 Å². The number of aromatic hydroxyl groups is 1. The lowest BCUT2D eigenvalue weighted by Gasteiger charge is -2.10. The topological polar surface area (TPSA) is 68.5 Å². The lowest BCUT2D eigenvalue weighted by Crippen LogP contribution is -2.06. The molecular weight excluding hydrogens is 342 g/mol. The van der Waals surface area contributed by atoms with Crippen LogP contribution in [0, 0.1) is 0 Å². The Labute approximate surface area is 149 Å². The molecule has 2 heterocycles. The molecule has 4 rings (SSSR count). The SMILES string of the molecule is Cn1c(-c2ccc3c(c2)OCO3)cnc1NCc1cc(Cl)ccc1O. The highest BCUT2D eigenvalue weighted by Crippen LogP contribution is 2.36. The van der Waals surface area contributed by atoms with Crippen molar-refractivity contribution in [3.05, 3.63) is 53.2 Å². The van der Waals surface area contributed by atoms with E-state index in [0.717, 1.165) is 22.8 Å². The summed E-state index contributed by atoms with van der Waals surface area (Å²) in [5.41, 5.74) is 2.63. The largest absolute Gasteiger partial charge is 0.508 e. The van der Waals surface area contributed by atoms with Crippen LogP contribution in [0.1, 0.15) is 5.56 Å². The molecule has 0 bridgehead atoms. The molecule has 6 nitrogen and oxygen atoms in total. The number of anilines is 1. The highest BCUT2D eigenvalue weighted by Gasteiger charge is 2.16. The fourth-order valence-electron chi connectivity index (χ4n) is 2.77. The number of benzene rings is 2. The van der Waals surface area contributed by atoms with Gasteiger partial charge in [0.2, 0.25) is 12.7 Å². The van der Waals surface area contributed by atoms with E-state index < -0.39 is 0 Å². The first-order valence-electron chi connectivity index (χ1n) is 7.75. The van der Waals surface area contributed by atoms with Crippen molar-refractivity contribution in [1.29, 1.82) is 0 Å². The third-order valence-corrected chi connectivity index (χ3v) is 4.37. The second kappa shape index (κ2) is 6.22. The van der Waals surface area contributed by atoms with Gasteiger partial charge in [-0.1, -0.05) is 11.6 Å². The van der Waals surface area contributed by atoms with Gasteiger partial charge in [0.1, 0.15) is 5.75 Å². The van der Waals surface area contributed by atoms with E-state index in [0.29, 0.717) is 23.1 Å². The molecule has 2 aromatic carbocycles. The molecule has 3 aromatic rings. The Kier molecular flexibility index (Phi) is 3.89. The number of phenolic OH excluding ortho intramolecular Hbond substituents is 1. The van der Waals surface area contributed by atoms with E-state index >= 15 is 0 Å². The van der Waals surface area contributed by atoms with Crippen LogP contribution < -0.4 is 14.8 Å². The number of hydrogen-bond donors (Lipinski definition) is 2. The van der Waals surface area contributed by atoms with Gasteiger partial charge < -0.3 is 24.5 Å². The number of imidazole rings is 1. The molecule has 0 fully saturated rings. The second-order valence-electron chi connectivity index (χ2n) is 5.72. The molecule has 0 amide bonds. The zero-order valence-electron chi connectivity index (χ0n) is 13.5. The zero-order chi connectivity index (χ0) is 17.4. The molecule has 0 atom stereocenters. The van der Waals surface area contributed by atoms with Gasteiger partial charge in [-0.2, -0.15) is 0 Å². The number of aromatic nitrogens is 2. The van der Waals surface area contributed by atoms with E-state index in [2.05, 4.69) is 10.3 Å². The van der Waals surface area contributed by atoms with Gasteiger partial charge in [-0.3, -0.25) is 0 Å². The Morgan fingerprint density at radius 3 is 2.92 bits per heavy atom. The molecule has 0 aliphatic carbocycles. The Hall–Kier alpha value is -2.86. The summed E-state index contributed by atoms with van der Waals surface area (Å²) in [6, 6.07) is 10.8. The number of rotatable bonds is 4. The van der Waals surface area contributed by atoms with Crippen molar-refractivity contribution in [2.75, 3.05) is 12.1 Å². The summed E-state index contributed by atoms with van der Waals surface area (Å²) < 4.78 is 12.7. The number of nitrogens with zero attached hydrogens (tertiary/aromatic N) is 2. The normalized spacial score (nSPS) is 12.4. The number of ether oxygens (including phenoxy) is 2. The molecule has 1 aromatic heterocycles. The average Bonchev–Trinajstić information content (AvgIpc) is 3.21. The highest BCUT2D eigenvalue weighted by atomic mass is 35.5. The van der Waals surface area contributed by atoms with Crippen molar-refractivity contribution < 1.29 is 14.6 Å². The summed E-state index contributed by atoms with van der Waals surface area (Å²) in [6.45, 7) is 0.665. The molecule has 7 heteroatoms. The molecule has 0 saturated heterocycles. The molecule has 128 valence electrons. The van der Waals surface area contributed by atoms with Crippen molar-refractivity contribution in [2.24, 2.45) is 7.05 Å². The van der Waals surface area contributed by atoms with Gasteiger partial charge in [-0.15, -0.1) is 0 Å². The van der Waals surface area contributed by atoms with Crippen LogP contribution in [0.25, 0.3) is 11.3 Å². The number of nitrogens with one attached hydrogen (secondary N) is 1. The zero-order valence-corrected chi connectivity index (χ0v) is 14.2. The number of phenols is 1. The van der Waals surface area contributed by atoms with Crippen LogP contribution in [-0.2, 0) is 13.6 Å². The summed E-state index contributed by atoms with van der Waals surface area (Å²) in [5, 5.41) is 13.7. The first-order valence-corrected chi connectivity index (χ1v) is 8.12. The van der Waals surface area contributed by atoms with Gasteiger partial charge in [0.05, 0.1) is 11.9 Å². The van der Waals surface area contributed by atoms with Gasteiger partial charge in [0.25, 0.3) is 0 Å². The van der Waals surface area contributed by atoms with Crippen LogP contribution in [0.15, 0.2) is 42.6 Å². The molecule has 1 aliphatic rings. The van der Waals surface area contributed by atoms with Gasteiger partial charge in [-0.05, 0) is 36.4 Å². The monoisotopic (exact) mass is 357 g/mol. The number of fused-ring (bicyclic) bond motifs is 1. The smallest absolute Gasteiger partial charge is 0.231 e. The molecule has 0 saturated carbocycles. The fourth-order valence-corrected chi connectivity index (χ4v) is 2.96.